The molecule has 0 unspecified atom stereocenters. The first kappa shape index (κ1) is 23.3. The Morgan fingerprint density at radius 1 is 0.865 bits per heavy atom. The standard InChI is InChI=1S/C31H19Cl2N3O/c32-24-14-12-22(16-25(24)33)27-29(30(37)21-7-2-1-3-8-21)36-26(31(27,17-34)18-35)15-13-20-11-10-19-6-4-5-9-23(19)28(20)36/h1-16,26-27,29H/t26-,27+,29-/m1/s1. The second kappa shape index (κ2) is 8.79. The molecule has 0 N–H and O–H groups in total. The molecular weight excluding hydrogens is 501 g/mol. The fourth-order valence-electron chi connectivity index (χ4n) is 5.90. The fourth-order valence-corrected chi connectivity index (χ4v) is 6.20. The van der Waals surface area contributed by atoms with Crippen LogP contribution in [-0.2, 0) is 0 Å². The van der Waals surface area contributed by atoms with Crippen LogP contribution in [0.3, 0.4) is 0 Å². The molecule has 0 saturated carbocycles. The molecule has 1 fully saturated rings. The lowest BCUT2D eigenvalue weighted by atomic mass is 9.69. The van der Waals surface area contributed by atoms with E-state index in [9.17, 15) is 15.3 Å². The van der Waals surface area contributed by atoms with Gasteiger partial charge in [-0.1, -0.05) is 108 Å². The Bertz CT molecular complexity index is 1670. The Balaban J connectivity index is 1.69. The van der Waals surface area contributed by atoms with Gasteiger partial charge in [0.2, 0.25) is 0 Å². The van der Waals surface area contributed by atoms with Crippen molar-refractivity contribution >= 4 is 51.5 Å². The Kier molecular flexibility index (Phi) is 5.54. The number of hydrogen-bond donors (Lipinski definition) is 0. The normalized spacial score (nSPS) is 21.1. The van der Waals surface area contributed by atoms with Gasteiger partial charge < -0.3 is 4.90 Å². The molecule has 4 aromatic carbocycles. The number of rotatable bonds is 3. The maximum absolute atomic E-state index is 14.4. The molecular formula is C31H19Cl2N3O. The van der Waals surface area contributed by atoms with Gasteiger partial charge in [-0.3, -0.25) is 4.79 Å². The third kappa shape index (κ3) is 3.38. The van der Waals surface area contributed by atoms with Crippen LogP contribution >= 0.6 is 23.2 Å². The van der Waals surface area contributed by atoms with Gasteiger partial charge in [0.05, 0.1) is 33.9 Å². The number of fused-ring (bicyclic) bond motifs is 5. The zero-order valence-corrected chi connectivity index (χ0v) is 21.0. The average molecular weight is 520 g/mol. The van der Waals surface area contributed by atoms with E-state index in [-0.39, 0.29) is 5.78 Å². The zero-order chi connectivity index (χ0) is 25.7. The van der Waals surface area contributed by atoms with Crippen LogP contribution in [0, 0.1) is 28.1 Å². The van der Waals surface area contributed by atoms with Crippen molar-refractivity contribution in [1.29, 1.82) is 10.5 Å². The summed E-state index contributed by atoms with van der Waals surface area (Å²) in [5.41, 5.74) is 1.35. The van der Waals surface area contributed by atoms with E-state index in [4.69, 9.17) is 23.2 Å². The first-order valence-corrected chi connectivity index (χ1v) is 12.6. The van der Waals surface area contributed by atoms with Crippen LogP contribution in [0.2, 0.25) is 10.0 Å². The molecule has 2 aliphatic rings. The fraction of sp³-hybridized carbons (Fsp3) is 0.129. The zero-order valence-electron chi connectivity index (χ0n) is 19.5. The van der Waals surface area contributed by atoms with E-state index in [2.05, 4.69) is 12.1 Å². The Hall–Kier alpha value is -4.09. The van der Waals surface area contributed by atoms with Crippen molar-refractivity contribution in [3.63, 3.8) is 0 Å². The molecule has 3 atom stereocenters. The van der Waals surface area contributed by atoms with Gasteiger partial charge in [0.25, 0.3) is 0 Å². The number of nitriles is 2. The smallest absolute Gasteiger partial charge is 0.185 e. The first-order valence-electron chi connectivity index (χ1n) is 11.8. The summed E-state index contributed by atoms with van der Waals surface area (Å²) < 4.78 is 0. The minimum Gasteiger partial charge on any atom is -0.350 e. The van der Waals surface area contributed by atoms with Crippen molar-refractivity contribution in [2.24, 2.45) is 5.41 Å². The van der Waals surface area contributed by atoms with Crippen LogP contribution in [0.15, 0.2) is 91.0 Å². The van der Waals surface area contributed by atoms with Crippen LogP contribution < -0.4 is 4.90 Å². The molecule has 6 heteroatoms. The highest BCUT2D eigenvalue weighted by atomic mass is 35.5. The molecule has 1 saturated heterocycles. The Labute approximate surface area is 224 Å². The molecule has 37 heavy (non-hydrogen) atoms. The summed E-state index contributed by atoms with van der Waals surface area (Å²) in [6.07, 6.45) is 3.83. The Morgan fingerprint density at radius 2 is 1.59 bits per heavy atom. The quantitative estimate of drug-likeness (QED) is 0.264. The van der Waals surface area contributed by atoms with E-state index in [1.807, 2.05) is 71.6 Å². The molecule has 6 rings (SSSR count). The molecule has 4 aromatic rings. The van der Waals surface area contributed by atoms with E-state index in [0.717, 1.165) is 22.0 Å². The summed E-state index contributed by atoms with van der Waals surface area (Å²) >= 11 is 12.6. The minimum absolute atomic E-state index is 0.164. The molecule has 2 aliphatic heterocycles. The van der Waals surface area contributed by atoms with Crippen LogP contribution in [0.4, 0.5) is 5.69 Å². The lowest BCUT2D eigenvalue weighted by molar-refractivity contribution is 0.0951. The summed E-state index contributed by atoms with van der Waals surface area (Å²) in [5.74, 6) is -0.951. The maximum Gasteiger partial charge on any atom is 0.185 e. The van der Waals surface area contributed by atoms with Crippen LogP contribution in [-0.4, -0.2) is 17.9 Å². The third-order valence-corrected chi connectivity index (χ3v) is 8.26. The van der Waals surface area contributed by atoms with Crippen molar-refractivity contribution in [3.05, 3.63) is 118 Å². The molecule has 178 valence electrons. The lowest BCUT2D eigenvalue weighted by Crippen LogP contribution is -2.44. The van der Waals surface area contributed by atoms with Gasteiger partial charge in [0.1, 0.15) is 6.04 Å². The molecule has 0 aromatic heterocycles. The molecule has 0 spiro atoms. The van der Waals surface area contributed by atoms with E-state index in [1.54, 1.807) is 30.3 Å². The number of hydrogen-bond acceptors (Lipinski definition) is 4. The third-order valence-electron chi connectivity index (χ3n) is 7.52. The van der Waals surface area contributed by atoms with Crippen molar-refractivity contribution < 1.29 is 4.79 Å². The molecule has 0 bridgehead atoms. The second-order valence-electron chi connectivity index (χ2n) is 9.35. The minimum atomic E-state index is -1.56. The van der Waals surface area contributed by atoms with Crippen molar-refractivity contribution in [2.75, 3.05) is 4.90 Å². The highest BCUT2D eigenvalue weighted by Gasteiger charge is 2.63. The largest absolute Gasteiger partial charge is 0.350 e. The van der Waals surface area contributed by atoms with E-state index >= 15 is 0 Å². The predicted octanol–water partition coefficient (Wildman–Crippen LogP) is 7.43. The SMILES string of the molecule is N#CC1(C#N)[C@@H](c2ccc(Cl)c(Cl)c2)[C@H](C(=O)c2ccccc2)N2c3c(ccc4ccccc34)C=C[C@@H]21. The van der Waals surface area contributed by atoms with Crippen molar-refractivity contribution in [2.45, 2.75) is 18.0 Å². The highest BCUT2D eigenvalue weighted by molar-refractivity contribution is 6.42. The second-order valence-corrected chi connectivity index (χ2v) is 10.2. The monoisotopic (exact) mass is 519 g/mol. The topological polar surface area (TPSA) is 67.9 Å². The van der Waals surface area contributed by atoms with Gasteiger partial charge in [-0.15, -0.1) is 0 Å². The molecule has 4 nitrogen and oxygen atoms in total. The van der Waals surface area contributed by atoms with Gasteiger partial charge >= 0.3 is 0 Å². The van der Waals surface area contributed by atoms with Crippen molar-refractivity contribution in [1.82, 2.24) is 0 Å². The van der Waals surface area contributed by atoms with Crippen LogP contribution in [0.25, 0.3) is 16.8 Å². The van der Waals surface area contributed by atoms with Gasteiger partial charge in [-0.25, -0.2) is 0 Å². The number of ketones is 1. The maximum atomic E-state index is 14.4. The lowest BCUT2D eigenvalue weighted by Gasteiger charge is -2.36. The number of anilines is 1. The number of halogens is 2. The average Bonchev–Trinajstić information content (AvgIpc) is 3.25. The van der Waals surface area contributed by atoms with Gasteiger partial charge in [0, 0.05) is 16.9 Å². The molecule has 0 radical (unpaired) electrons. The Morgan fingerprint density at radius 3 is 2.32 bits per heavy atom. The number of carbonyl (C=O) groups is 1. The highest BCUT2D eigenvalue weighted by Crippen LogP contribution is 2.57. The van der Waals surface area contributed by atoms with Gasteiger partial charge in [-0.05, 0) is 28.6 Å². The number of benzene rings is 4. The number of nitrogens with zero attached hydrogens (tertiary/aromatic N) is 3. The van der Waals surface area contributed by atoms with E-state index < -0.39 is 23.4 Å². The molecule has 0 aliphatic carbocycles. The summed E-state index contributed by atoms with van der Waals surface area (Å²) in [7, 11) is 0. The van der Waals surface area contributed by atoms with E-state index in [1.165, 1.54) is 0 Å². The van der Waals surface area contributed by atoms with Crippen molar-refractivity contribution in [3.8, 4) is 12.1 Å². The van der Waals surface area contributed by atoms with E-state index in [0.29, 0.717) is 21.2 Å². The molecule has 0 amide bonds. The first-order chi connectivity index (χ1) is 18.0. The van der Waals surface area contributed by atoms with Crippen LogP contribution in [0.5, 0.6) is 0 Å². The van der Waals surface area contributed by atoms with Crippen LogP contribution in [0.1, 0.15) is 27.4 Å². The summed E-state index contributed by atoms with van der Waals surface area (Å²) in [6.45, 7) is 0. The summed E-state index contributed by atoms with van der Waals surface area (Å²) in [5, 5.41) is 23.9. The summed E-state index contributed by atoms with van der Waals surface area (Å²) in [6, 6.07) is 29.3. The number of Topliss-reactive ketones (excluding diaryl/α,β-unsaturated/α-hetero) is 1. The number of carbonyl (C=O) groups excluding carboxylic acids is 1. The van der Waals surface area contributed by atoms with Gasteiger partial charge in [-0.2, -0.15) is 10.5 Å². The predicted molar refractivity (Wildman–Crippen MR) is 147 cm³/mol. The molecule has 2 heterocycles. The summed E-state index contributed by atoms with van der Waals surface area (Å²) in [4.78, 5) is 16.4. The van der Waals surface area contributed by atoms with Gasteiger partial charge in [0.15, 0.2) is 11.2 Å².